The first kappa shape index (κ1) is 14.2. The molecule has 3 nitrogen and oxygen atoms in total. The predicted molar refractivity (Wildman–Crippen MR) is 74.0 cm³/mol. The van der Waals surface area contributed by atoms with Crippen molar-refractivity contribution in [1.82, 2.24) is 10.6 Å². The van der Waals surface area contributed by atoms with Crippen LogP contribution in [0.5, 0.6) is 0 Å². The average molecular weight is 299 g/mol. The lowest BCUT2D eigenvalue weighted by Crippen LogP contribution is -2.26. The first-order valence-corrected chi connectivity index (χ1v) is 6.67. The molecule has 0 heterocycles. The van der Waals surface area contributed by atoms with Crippen molar-refractivity contribution in [3.8, 4) is 0 Å². The molecular formula is C13H19BrN2O. The van der Waals surface area contributed by atoms with E-state index in [4.69, 9.17) is 0 Å². The van der Waals surface area contributed by atoms with Gasteiger partial charge in [-0.25, -0.2) is 0 Å². The highest BCUT2D eigenvalue weighted by Gasteiger charge is 2.00. The van der Waals surface area contributed by atoms with E-state index in [1.165, 1.54) is 5.56 Å². The molecule has 1 aromatic carbocycles. The first-order valence-electron chi connectivity index (χ1n) is 5.88. The van der Waals surface area contributed by atoms with Crippen LogP contribution in [0, 0.1) is 0 Å². The number of benzene rings is 1. The molecule has 17 heavy (non-hydrogen) atoms. The Labute approximate surface area is 111 Å². The van der Waals surface area contributed by atoms with E-state index in [2.05, 4.69) is 38.7 Å². The highest BCUT2D eigenvalue weighted by Crippen LogP contribution is 2.10. The maximum Gasteiger partial charge on any atom is 0.220 e. The molecule has 0 aliphatic carbocycles. The third kappa shape index (κ3) is 6.44. The molecular weight excluding hydrogens is 280 g/mol. The van der Waals surface area contributed by atoms with E-state index in [1.54, 1.807) is 0 Å². The van der Waals surface area contributed by atoms with Crippen molar-refractivity contribution >= 4 is 21.8 Å². The first-order chi connectivity index (χ1) is 8.22. The van der Waals surface area contributed by atoms with Crippen LogP contribution < -0.4 is 10.6 Å². The van der Waals surface area contributed by atoms with Gasteiger partial charge in [-0.05, 0) is 44.1 Å². The summed E-state index contributed by atoms with van der Waals surface area (Å²) in [4.78, 5) is 11.4. The minimum absolute atomic E-state index is 0.136. The molecule has 0 spiro atoms. The third-order valence-electron chi connectivity index (χ3n) is 2.48. The van der Waals surface area contributed by atoms with Gasteiger partial charge in [0.15, 0.2) is 0 Å². The van der Waals surface area contributed by atoms with Gasteiger partial charge in [0.2, 0.25) is 5.91 Å². The molecule has 0 unspecified atom stereocenters. The summed E-state index contributed by atoms with van der Waals surface area (Å²) in [6.07, 6.45) is 2.37. The van der Waals surface area contributed by atoms with E-state index in [9.17, 15) is 4.79 Å². The van der Waals surface area contributed by atoms with Gasteiger partial charge in [0.25, 0.3) is 0 Å². The van der Waals surface area contributed by atoms with Crippen molar-refractivity contribution in [2.24, 2.45) is 0 Å². The fraction of sp³-hybridized carbons (Fsp3) is 0.462. The second-order valence-electron chi connectivity index (χ2n) is 3.93. The van der Waals surface area contributed by atoms with Crippen LogP contribution in [0.15, 0.2) is 28.7 Å². The van der Waals surface area contributed by atoms with Crippen molar-refractivity contribution in [2.45, 2.75) is 19.3 Å². The number of hydrogen-bond donors (Lipinski definition) is 2. The largest absolute Gasteiger partial charge is 0.356 e. The number of hydrogen-bond acceptors (Lipinski definition) is 2. The molecule has 0 aliphatic rings. The van der Waals surface area contributed by atoms with E-state index >= 15 is 0 Å². The van der Waals surface area contributed by atoms with Gasteiger partial charge in [-0.1, -0.05) is 28.1 Å². The lowest BCUT2D eigenvalue weighted by Gasteiger charge is -2.05. The lowest BCUT2D eigenvalue weighted by molar-refractivity contribution is -0.121. The molecule has 1 amide bonds. The molecule has 2 N–H and O–H groups in total. The average Bonchev–Trinajstić information content (AvgIpc) is 2.32. The minimum atomic E-state index is 0.136. The molecule has 4 heteroatoms. The van der Waals surface area contributed by atoms with Crippen molar-refractivity contribution in [2.75, 3.05) is 20.1 Å². The molecule has 0 saturated heterocycles. The summed E-state index contributed by atoms with van der Waals surface area (Å²) in [7, 11) is 1.89. The van der Waals surface area contributed by atoms with Gasteiger partial charge in [0.1, 0.15) is 0 Å². The summed E-state index contributed by atoms with van der Waals surface area (Å²) in [5, 5.41) is 5.95. The van der Waals surface area contributed by atoms with Crippen LogP contribution in [0.1, 0.15) is 18.4 Å². The van der Waals surface area contributed by atoms with E-state index in [0.29, 0.717) is 13.0 Å². The predicted octanol–water partition coefficient (Wildman–Crippen LogP) is 2.11. The van der Waals surface area contributed by atoms with Crippen LogP contribution in [-0.2, 0) is 11.2 Å². The SMILES string of the molecule is CNCCCC(=O)NCCc1ccc(Br)cc1. The summed E-state index contributed by atoms with van der Waals surface area (Å²) < 4.78 is 1.08. The van der Waals surface area contributed by atoms with Crippen LogP contribution in [-0.4, -0.2) is 26.0 Å². The fourth-order valence-electron chi connectivity index (χ4n) is 1.51. The van der Waals surface area contributed by atoms with Gasteiger partial charge < -0.3 is 10.6 Å². The summed E-state index contributed by atoms with van der Waals surface area (Å²) in [6.45, 7) is 1.60. The number of carbonyl (C=O) groups is 1. The standard InChI is InChI=1S/C13H19BrN2O/c1-15-9-2-3-13(17)16-10-8-11-4-6-12(14)7-5-11/h4-7,15H,2-3,8-10H2,1H3,(H,16,17). The Morgan fingerprint density at radius 2 is 1.94 bits per heavy atom. The van der Waals surface area contributed by atoms with E-state index in [-0.39, 0.29) is 5.91 Å². The molecule has 0 saturated carbocycles. The zero-order valence-corrected chi connectivity index (χ0v) is 11.7. The van der Waals surface area contributed by atoms with Gasteiger partial charge in [0, 0.05) is 17.4 Å². The number of rotatable bonds is 7. The maximum atomic E-state index is 11.4. The Bertz CT molecular complexity index is 338. The van der Waals surface area contributed by atoms with E-state index in [1.807, 2.05) is 19.2 Å². The Hall–Kier alpha value is -0.870. The van der Waals surface area contributed by atoms with Gasteiger partial charge in [-0.3, -0.25) is 4.79 Å². The topological polar surface area (TPSA) is 41.1 Å². The third-order valence-corrected chi connectivity index (χ3v) is 3.01. The second kappa shape index (κ2) is 8.25. The van der Waals surface area contributed by atoms with Gasteiger partial charge in [-0.15, -0.1) is 0 Å². The summed E-state index contributed by atoms with van der Waals surface area (Å²) in [5.74, 6) is 0.136. The molecule has 1 aromatic rings. The summed E-state index contributed by atoms with van der Waals surface area (Å²) >= 11 is 3.40. The molecule has 1 rings (SSSR count). The fourth-order valence-corrected chi connectivity index (χ4v) is 1.78. The molecule has 0 aliphatic heterocycles. The highest BCUT2D eigenvalue weighted by atomic mass is 79.9. The number of amides is 1. The molecule has 0 bridgehead atoms. The quantitative estimate of drug-likeness (QED) is 0.757. The minimum Gasteiger partial charge on any atom is -0.356 e. The van der Waals surface area contributed by atoms with Crippen molar-refractivity contribution in [1.29, 1.82) is 0 Å². The summed E-state index contributed by atoms with van der Waals surface area (Å²) in [6, 6.07) is 8.17. The monoisotopic (exact) mass is 298 g/mol. The van der Waals surface area contributed by atoms with Crippen LogP contribution in [0.4, 0.5) is 0 Å². The number of halogens is 1. The highest BCUT2D eigenvalue weighted by molar-refractivity contribution is 9.10. The Morgan fingerprint density at radius 1 is 1.24 bits per heavy atom. The summed E-state index contributed by atoms with van der Waals surface area (Å²) in [5.41, 5.74) is 1.24. The number of nitrogens with one attached hydrogen (secondary N) is 2. The Morgan fingerprint density at radius 3 is 2.59 bits per heavy atom. The van der Waals surface area contributed by atoms with E-state index < -0.39 is 0 Å². The van der Waals surface area contributed by atoms with Crippen LogP contribution in [0.2, 0.25) is 0 Å². The van der Waals surface area contributed by atoms with Crippen molar-refractivity contribution in [3.05, 3.63) is 34.3 Å². The molecule has 0 radical (unpaired) electrons. The maximum absolute atomic E-state index is 11.4. The Balaban J connectivity index is 2.14. The number of carbonyl (C=O) groups excluding carboxylic acids is 1. The van der Waals surface area contributed by atoms with Crippen molar-refractivity contribution in [3.63, 3.8) is 0 Å². The second-order valence-corrected chi connectivity index (χ2v) is 4.85. The van der Waals surface area contributed by atoms with Gasteiger partial charge >= 0.3 is 0 Å². The molecule has 0 aromatic heterocycles. The lowest BCUT2D eigenvalue weighted by atomic mass is 10.1. The molecule has 0 fully saturated rings. The van der Waals surface area contributed by atoms with Gasteiger partial charge in [-0.2, -0.15) is 0 Å². The smallest absolute Gasteiger partial charge is 0.220 e. The van der Waals surface area contributed by atoms with Crippen LogP contribution >= 0.6 is 15.9 Å². The van der Waals surface area contributed by atoms with E-state index in [0.717, 1.165) is 23.9 Å². The Kier molecular flexibility index (Phi) is 6.89. The zero-order valence-electron chi connectivity index (χ0n) is 10.1. The zero-order chi connectivity index (χ0) is 12.5. The van der Waals surface area contributed by atoms with Crippen LogP contribution in [0.25, 0.3) is 0 Å². The molecule has 0 atom stereocenters. The normalized spacial score (nSPS) is 10.2. The van der Waals surface area contributed by atoms with Crippen molar-refractivity contribution < 1.29 is 4.79 Å². The van der Waals surface area contributed by atoms with Gasteiger partial charge in [0.05, 0.1) is 0 Å². The molecule has 94 valence electrons. The van der Waals surface area contributed by atoms with Crippen LogP contribution in [0.3, 0.4) is 0 Å².